The van der Waals surface area contributed by atoms with Crippen molar-refractivity contribution in [2.75, 3.05) is 0 Å². The van der Waals surface area contributed by atoms with Gasteiger partial charge in [-0.25, -0.2) is 0 Å². The highest BCUT2D eigenvalue weighted by molar-refractivity contribution is 5.33. The molecule has 1 nitrogen and oxygen atoms in total. The topological polar surface area (TPSA) is 20.2 Å². The molecule has 0 spiro atoms. The van der Waals surface area contributed by atoms with Gasteiger partial charge < -0.3 is 5.11 Å². The molecular weight excluding hydrogens is 184 g/mol. The average molecular weight is 204 g/mol. The lowest BCUT2D eigenvalue weighted by Crippen LogP contribution is -2.15. The largest absolute Gasteiger partial charge is 0.385 e. The van der Waals surface area contributed by atoms with Gasteiger partial charge in [0.05, 0.1) is 5.60 Å². The quantitative estimate of drug-likeness (QED) is 0.800. The zero-order valence-corrected chi connectivity index (χ0v) is 9.88. The van der Waals surface area contributed by atoms with Crippen molar-refractivity contribution in [3.63, 3.8) is 0 Å². The molecule has 1 aromatic carbocycles. The van der Waals surface area contributed by atoms with Crippen molar-refractivity contribution >= 4 is 0 Å². The number of hydrogen-bond acceptors (Lipinski definition) is 1. The molecule has 0 aliphatic heterocycles. The van der Waals surface area contributed by atoms with Crippen LogP contribution < -0.4 is 0 Å². The predicted octanol–water partition coefficient (Wildman–Crippen LogP) is 3.36. The Morgan fingerprint density at radius 3 is 2.13 bits per heavy atom. The second-order valence-electron chi connectivity index (χ2n) is 5.35. The van der Waals surface area contributed by atoms with Crippen molar-refractivity contribution < 1.29 is 5.11 Å². The van der Waals surface area contributed by atoms with E-state index in [0.717, 1.165) is 24.8 Å². The molecule has 0 bridgehead atoms. The van der Waals surface area contributed by atoms with E-state index in [0.29, 0.717) is 0 Å². The van der Waals surface area contributed by atoms with Crippen LogP contribution in [0.25, 0.3) is 0 Å². The molecule has 1 heteroatoms. The first-order chi connectivity index (χ1) is 6.98. The molecule has 1 saturated carbocycles. The predicted molar refractivity (Wildman–Crippen MR) is 62.9 cm³/mol. The van der Waals surface area contributed by atoms with Crippen LogP contribution in [0, 0.1) is 0 Å². The van der Waals surface area contributed by atoms with E-state index in [9.17, 15) is 5.11 Å². The minimum atomic E-state index is -0.491. The summed E-state index contributed by atoms with van der Waals surface area (Å²) < 4.78 is 0. The molecule has 0 radical (unpaired) electrons. The lowest BCUT2D eigenvalue weighted by molar-refractivity contribution is 0.151. The van der Waals surface area contributed by atoms with E-state index in [1.54, 1.807) is 0 Å². The fourth-order valence-corrected chi connectivity index (χ4v) is 1.84. The zero-order valence-electron chi connectivity index (χ0n) is 9.88. The maximum Gasteiger partial charge on any atom is 0.0899 e. The van der Waals surface area contributed by atoms with Crippen LogP contribution in [0.3, 0.4) is 0 Å². The summed E-state index contributed by atoms with van der Waals surface area (Å²) in [4.78, 5) is 0. The standard InChI is InChI=1S/C14H20O/c1-4-13(2,3)11-5-7-12(8-6-11)14(15)9-10-14/h5-8,15H,4,9-10H2,1-3H3. The third-order valence-corrected chi connectivity index (χ3v) is 3.81. The lowest BCUT2D eigenvalue weighted by atomic mass is 9.82. The van der Waals surface area contributed by atoms with Crippen molar-refractivity contribution in [2.24, 2.45) is 0 Å². The minimum Gasteiger partial charge on any atom is -0.385 e. The highest BCUT2D eigenvalue weighted by atomic mass is 16.3. The first kappa shape index (κ1) is 10.7. The SMILES string of the molecule is CCC(C)(C)c1ccc(C2(O)CC2)cc1. The number of hydrogen-bond donors (Lipinski definition) is 1. The lowest BCUT2D eigenvalue weighted by Gasteiger charge is -2.23. The maximum atomic E-state index is 9.95. The van der Waals surface area contributed by atoms with Gasteiger partial charge in [0.25, 0.3) is 0 Å². The summed E-state index contributed by atoms with van der Waals surface area (Å²) in [6.07, 6.45) is 2.98. The van der Waals surface area contributed by atoms with Crippen LogP contribution in [0.1, 0.15) is 51.2 Å². The summed E-state index contributed by atoms with van der Waals surface area (Å²) in [5.41, 5.74) is 2.19. The molecule has 0 aromatic heterocycles. The smallest absolute Gasteiger partial charge is 0.0899 e. The Hall–Kier alpha value is -0.820. The molecule has 0 atom stereocenters. The van der Waals surface area contributed by atoms with Crippen LogP contribution in [-0.4, -0.2) is 5.11 Å². The van der Waals surface area contributed by atoms with Crippen molar-refractivity contribution in [3.05, 3.63) is 35.4 Å². The Morgan fingerprint density at radius 1 is 1.20 bits per heavy atom. The zero-order chi connectivity index (χ0) is 11.1. The van der Waals surface area contributed by atoms with E-state index in [1.165, 1.54) is 5.56 Å². The molecule has 0 amide bonds. The molecule has 1 aromatic rings. The van der Waals surface area contributed by atoms with Gasteiger partial charge in [0.15, 0.2) is 0 Å². The van der Waals surface area contributed by atoms with Crippen molar-refractivity contribution in [1.82, 2.24) is 0 Å². The normalized spacial score (nSPS) is 18.9. The van der Waals surface area contributed by atoms with Crippen molar-refractivity contribution in [2.45, 2.75) is 51.0 Å². The van der Waals surface area contributed by atoms with Gasteiger partial charge in [0.1, 0.15) is 0 Å². The molecule has 82 valence electrons. The van der Waals surface area contributed by atoms with Gasteiger partial charge in [-0.1, -0.05) is 45.0 Å². The second kappa shape index (κ2) is 3.34. The molecule has 0 unspecified atom stereocenters. The van der Waals surface area contributed by atoms with E-state index in [-0.39, 0.29) is 5.41 Å². The summed E-state index contributed by atoms with van der Waals surface area (Å²) in [6.45, 7) is 6.73. The third kappa shape index (κ3) is 1.93. The van der Waals surface area contributed by atoms with Crippen LogP contribution in [0.2, 0.25) is 0 Å². The molecule has 0 saturated heterocycles. The molecular formula is C14H20O. The van der Waals surface area contributed by atoms with Gasteiger partial charge in [0.2, 0.25) is 0 Å². The van der Waals surface area contributed by atoms with E-state index in [1.807, 2.05) is 0 Å². The summed E-state index contributed by atoms with van der Waals surface area (Å²) in [5, 5.41) is 9.95. The van der Waals surface area contributed by atoms with Crippen molar-refractivity contribution in [1.29, 1.82) is 0 Å². The summed E-state index contributed by atoms with van der Waals surface area (Å²) in [6, 6.07) is 8.49. The Kier molecular flexibility index (Phi) is 2.38. The Balaban J connectivity index is 2.24. The van der Waals surface area contributed by atoms with Gasteiger partial charge >= 0.3 is 0 Å². The maximum absolute atomic E-state index is 9.95. The number of aliphatic hydroxyl groups is 1. The molecule has 1 aliphatic carbocycles. The second-order valence-corrected chi connectivity index (χ2v) is 5.35. The van der Waals surface area contributed by atoms with Gasteiger partial charge in [0, 0.05) is 0 Å². The monoisotopic (exact) mass is 204 g/mol. The van der Waals surface area contributed by atoms with E-state index >= 15 is 0 Å². The van der Waals surface area contributed by atoms with Gasteiger partial charge in [-0.2, -0.15) is 0 Å². The average Bonchev–Trinajstić information content (AvgIpc) is 2.98. The Morgan fingerprint density at radius 2 is 1.73 bits per heavy atom. The third-order valence-electron chi connectivity index (χ3n) is 3.81. The summed E-state index contributed by atoms with van der Waals surface area (Å²) >= 11 is 0. The van der Waals surface area contributed by atoms with Gasteiger partial charge in [-0.05, 0) is 35.8 Å². The van der Waals surface area contributed by atoms with Crippen molar-refractivity contribution in [3.8, 4) is 0 Å². The van der Waals surface area contributed by atoms with Gasteiger partial charge in [-0.3, -0.25) is 0 Å². The fraction of sp³-hybridized carbons (Fsp3) is 0.571. The first-order valence-electron chi connectivity index (χ1n) is 5.81. The summed E-state index contributed by atoms with van der Waals surface area (Å²) in [5.74, 6) is 0. The molecule has 1 fully saturated rings. The number of benzene rings is 1. The molecule has 1 N–H and O–H groups in total. The van der Waals surface area contributed by atoms with Crippen LogP contribution >= 0.6 is 0 Å². The Bertz CT molecular complexity index is 344. The molecule has 1 aliphatic rings. The summed E-state index contributed by atoms with van der Waals surface area (Å²) in [7, 11) is 0. The van der Waals surface area contributed by atoms with Crippen LogP contribution in [0.5, 0.6) is 0 Å². The molecule has 0 heterocycles. The minimum absolute atomic E-state index is 0.241. The van der Waals surface area contributed by atoms with E-state index in [2.05, 4.69) is 45.0 Å². The fourth-order valence-electron chi connectivity index (χ4n) is 1.84. The highest BCUT2D eigenvalue weighted by Crippen LogP contribution is 2.45. The van der Waals surface area contributed by atoms with Crippen LogP contribution in [-0.2, 0) is 11.0 Å². The van der Waals surface area contributed by atoms with E-state index in [4.69, 9.17) is 0 Å². The first-order valence-corrected chi connectivity index (χ1v) is 5.81. The van der Waals surface area contributed by atoms with Crippen LogP contribution in [0.4, 0.5) is 0 Å². The Labute approximate surface area is 92.1 Å². The highest BCUT2D eigenvalue weighted by Gasteiger charge is 2.41. The number of rotatable bonds is 3. The van der Waals surface area contributed by atoms with E-state index < -0.39 is 5.60 Å². The van der Waals surface area contributed by atoms with Crippen LogP contribution in [0.15, 0.2) is 24.3 Å². The van der Waals surface area contributed by atoms with Gasteiger partial charge in [-0.15, -0.1) is 0 Å². The molecule has 15 heavy (non-hydrogen) atoms. The molecule has 2 rings (SSSR count).